The summed E-state index contributed by atoms with van der Waals surface area (Å²) in [5, 5.41) is 9.79. The number of hydrogen-bond acceptors (Lipinski definition) is 2. The Balaban J connectivity index is 0. The van der Waals surface area contributed by atoms with Gasteiger partial charge in [-0.1, -0.05) is 23.2 Å². The fraction of sp³-hybridized carbons (Fsp3) is 0.667. The van der Waals surface area contributed by atoms with E-state index >= 15 is 0 Å². The second-order valence-corrected chi connectivity index (χ2v) is 2.88. The average Bonchev–Trinajstić information content (AvgIpc) is 1.67. The molecule has 0 aliphatic heterocycles. The van der Waals surface area contributed by atoms with Crippen LogP contribution in [-0.4, -0.2) is 16.2 Å². The minimum absolute atomic E-state index is 0. The topological polar surface area (TPSA) is 40.1 Å². The van der Waals surface area contributed by atoms with E-state index in [0.717, 1.165) is 0 Å². The summed E-state index contributed by atoms with van der Waals surface area (Å²) in [6, 6.07) is 0. The van der Waals surface area contributed by atoms with Crippen molar-refractivity contribution < 1.29 is 39.5 Å². The molecule has 0 saturated carbocycles. The van der Waals surface area contributed by atoms with Crippen molar-refractivity contribution in [3.05, 3.63) is 0 Å². The molecule has 0 aliphatic carbocycles. The Morgan fingerprint density at radius 1 is 1.56 bits per heavy atom. The molecule has 48 valence electrons. The number of rotatable bonds is 2. The smallest absolute Gasteiger partial charge is 0.547 e. The molecule has 0 radical (unpaired) electrons. The third-order valence-corrected chi connectivity index (χ3v) is 1.72. The van der Waals surface area contributed by atoms with Gasteiger partial charge in [-0.05, 0) is 0 Å². The fourth-order valence-electron chi connectivity index (χ4n) is 0.0546. The molecule has 0 amide bonds. The summed E-state index contributed by atoms with van der Waals surface area (Å²) in [6.07, 6.45) is 0. The molecule has 0 aromatic carbocycles. The molecule has 0 aliphatic rings. The summed E-state index contributed by atoms with van der Waals surface area (Å²) in [5.74, 6) is -1.95. The van der Waals surface area contributed by atoms with Crippen molar-refractivity contribution in [3.8, 4) is 0 Å². The van der Waals surface area contributed by atoms with E-state index in [2.05, 4.69) is 0 Å². The number of alkyl halides is 3. The molecule has 0 spiro atoms. The van der Waals surface area contributed by atoms with E-state index in [9.17, 15) is 9.90 Å². The molecule has 0 N–H and O–H groups in total. The van der Waals surface area contributed by atoms with Crippen LogP contribution in [0.2, 0.25) is 0 Å². The first-order valence-electron chi connectivity index (χ1n) is 1.66. The molecule has 0 heterocycles. The second kappa shape index (κ2) is 5.05. The summed E-state index contributed by atoms with van der Waals surface area (Å²) in [5.41, 5.74) is 0. The fourth-order valence-corrected chi connectivity index (χ4v) is 0.164. The number of carboxylic acids is 1. The predicted molar refractivity (Wildman–Crippen MR) is 30.2 cm³/mol. The molecule has 2 nitrogen and oxygen atoms in total. The SMILES string of the molecule is O=C([O-])C(Cl)(Cl)CCl.[Na+]. The molecule has 0 atom stereocenters. The summed E-state index contributed by atoms with van der Waals surface area (Å²) in [7, 11) is 0. The van der Waals surface area contributed by atoms with Crippen LogP contribution in [0.25, 0.3) is 0 Å². The van der Waals surface area contributed by atoms with Gasteiger partial charge in [0.25, 0.3) is 0 Å². The van der Waals surface area contributed by atoms with E-state index < -0.39 is 10.3 Å². The molecule has 0 aromatic heterocycles. The summed E-state index contributed by atoms with van der Waals surface area (Å²) in [6.45, 7) is 0. The van der Waals surface area contributed by atoms with Crippen molar-refractivity contribution in [2.24, 2.45) is 0 Å². The Labute approximate surface area is 89.7 Å². The molecule has 0 aromatic rings. The third kappa shape index (κ3) is 4.71. The zero-order valence-corrected chi connectivity index (χ0v) is 8.93. The van der Waals surface area contributed by atoms with Crippen molar-refractivity contribution in [2.45, 2.75) is 4.33 Å². The maximum atomic E-state index is 9.79. The van der Waals surface area contributed by atoms with Crippen LogP contribution >= 0.6 is 34.8 Å². The zero-order valence-electron chi connectivity index (χ0n) is 4.66. The van der Waals surface area contributed by atoms with Crippen molar-refractivity contribution in [1.82, 2.24) is 0 Å². The van der Waals surface area contributed by atoms with E-state index in [1.807, 2.05) is 0 Å². The van der Waals surface area contributed by atoms with Crippen molar-refractivity contribution in [2.75, 3.05) is 5.88 Å². The number of hydrogen-bond donors (Lipinski definition) is 0. The minimum atomic E-state index is -1.94. The van der Waals surface area contributed by atoms with E-state index in [1.54, 1.807) is 0 Å². The van der Waals surface area contributed by atoms with E-state index in [4.69, 9.17) is 34.8 Å². The molecule has 9 heavy (non-hydrogen) atoms. The van der Waals surface area contributed by atoms with Gasteiger partial charge < -0.3 is 9.90 Å². The average molecular weight is 199 g/mol. The van der Waals surface area contributed by atoms with Gasteiger partial charge >= 0.3 is 29.6 Å². The first kappa shape index (κ1) is 13.0. The summed E-state index contributed by atoms with van der Waals surface area (Å²) < 4.78 is -1.94. The molecule has 0 rings (SSSR count). The molecular weight excluding hydrogens is 197 g/mol. The van der Waals surface area contributed by atoms with Crippen molar-refractivity contribution in [3.63, 3.8) is 0 Å². The number of aliphatic carboxylic acids is 1. The first-order valence-corrected chi connectivity index (χ1v) is 2.95. The standard InChI is InChI=1S/C3H3Cl3O2.Na/c4-1-3(5,6)2(7)8;/h1H2,(H,7,8);/q;+1/p-1. The van der Waals surface area contributed by atoms with Crippen molar-refractivity contribution in [1.29, 1.82) is 0 Å². The number of halogens is 3. The van der Waals surface area contributed by atoms with Crippen molar-refractivity contribution >= 4 is 40.8 Å². The summed E-state index contributed by atoms with van der Waals surface area (Å²) >= 11 is 15.1. The van der Waals surface area contributed by atoms with Gasteiger partial charge in [0.2, 0.25) is 0 Å². The Bertz CT molecular complexity index is 105. The van der Waals surface area contributed by atoms with E-state index in [0.29, 0.717) is 0 Å². The van der Waals surface area contributed by atoms with Gasteiger partial charge in [-0.25, -0.2) is 0 Å². The first-order chi connectivity index (χ1) is 3.50. The molecule has 0 saturated heterocycles. The van der Waals surface area contributed by atoms with Gasteiger partial charge in [-0.2, -0.15) is 0 Å². The molecule has 0 unspecified atom stereocenters. The van der Waals surface area contributed by atoms with Gasteiger partial charge in [-0.15, -0.1) is 11.6 Å². The molecule has 0 fully saturated rings. The zero-order chi connectivity index (χ0) is 6.78. The quantitative estimate of drug-likeness (QED) is 0.355. The molecule has 0 bridgehead atoms. The van der Waals surface area contributed by atoms with Crippen LogP contribution in [0.4, 0.5) is 0 Å². The number of carbonyl (C=O) groups is 1. The van der Waals surface area contributed by atoms with Crippen LogP contribution in [0.1, 0.15) is 0 Å². The van der Waals surface area contributed by atoms with Gasteiger partial charge in [0.1, 0.15) is 0 Å². The Kier molecular flexibility index (Phi) is 7.28. The Morgan fingerprint density at radius 2 is 1.89 bits per heavy atom. The van der Waals surface area contributed by atoms with Gasteiger partial charge in [-0.3, -0.25) is 0 Å². The number of carbonyl (C=O) groups excluding carboxylic acids is 1. The normalized spacial score (nSPS) is 10.1. The van der Waals surface area contributed by atoms with Crippen LogP contribution in [0.15, 0.2) is 0 Å². The van der Waals surface area contributed by atoms with Gasteiger partial charge in [0.15, 0.2) is 4.33 Å². The van der Waals surface area contributed by atoms with Crippen LogP contribution < -0.4 is 34.7 Å². The van der Waals surface area contributed by atoms with Crippen LogP contribution in [0.3, 0.4) is 0 Å². The van der Waals surface area contributed by atoms with Crippen LogP contribution in [-0.2, 0) is 4.79 Å². The predicted octanol–water partition coefficient (Wildman–Crippen LogP) is -2.85. The Morgan fingerprint density at radius 3 is 1.89 bits per heavy atom. The minimum Gasteiger partial charge on any atom is -0.547 e. The maximum Gasteiger partial charge on any atom is 1.00 e. The van der Waals surface area contributed by atoms with Gasteiger partial charge in [0.05, 0.1) is 11.8 Å². The Hall–Kier alpha value is 1.34. The largest absolute Gasteiger partial charge is 1.00 e. The van der Waals surface area contributed by atoms with Crippen LogP contribution in [0, 0.1) is 0 Å². The number of carboxylic acid groups (broad SMARTS) is 1. The second-order valence-electron chi connectivity index (χ2n) is 1.13. The molecular formula is C3H2Cl3NaO2. The van der Waals surface area contributed by atoms with Gasteiger partial charge in [0, 0.05) is 0 Å². The summed E-state index contributed by atoms with van der Waals surface area (Å²) in [4.78, 5) is 9.79. The van der Waals surface area contributed by atoms with E-state index in [1.165, 1.54) is 0 Å². The molecule has 6 heteroatoms. The maximum absolute atomic E-state index is 9.79. The van der Waals surface area contributed by atoms with Crippen LogP contribution in [0.5, 0.6) is 0 Å². The monoisotopic (exact) mass is 198 g/mol. The third-order valence-electron chi connectivity index (χ3n) is 0.466. The van der Waals surface area contributed by atoms with E-state index in [-0.39, 0.29) is 35.4 Å².